The summed E-state index contributed by atoms with van der Waals surface area (Å²) < 4.78 is 141. The molecular weight excluding hydrogens is 1080 g/mol. The summed E-state index contributed by atoms with van der Waals surface area (Å²) in [6, 6.07) is 12.8. The predicted molar refractivity (Wildman–Crippen MR) is 274 cm³/mol. The van der Waals surface area contributed by atoms with Gasteiger partial charge < -0.3 is 9.84 Å². The number of azo groups is 3. The second kappa shape index (κ2) is 20.9. The molecule has 0 unspecified atom stereocenters. The number of aromatic hydroxyl groups is 1. The molecule has 0 bridgehead atoms. The van der Waals surface area contributed by atoms with Crippen LogP contribution in [-0.2, 0) is 46.9 Å². The van der Waals surface area contributed by atoms with Gasteiger partial charge >= 0.3 is 0 Å². The number of nitriles is 1. The van der Waals surface area contributed by atoms with Gasteiger partial charge in [-0.25, -0.2) is 9.97 Å². The predicted octanol–water partition coefficient (Wildman–Crippen LogP) is 10.3. The summed E-state index contributed by atoms with van der Waals surface area (Å²) >= 11 is 2.08. The van der Waals surface area contributed by atoms with E-state index in [0.29, 0.717) is 56.8 Å². The van der Waals surface area contributed by atoms with Crippen LogP contribution in [0.1, 0.15) is 52.9 Å². The van der Waals surface area contributed by atoms with E-state index in [2.05, 4.69) is 46.7 Å². The van der Waals surface area contributed by atoms with Crippen molar-refractivity contribution in [1.29, 1.82) is 5.26 Å². The highest BCUT2D eigenvalue weighted by atomic mass is 32.2. The highest BCUT2D eigenvalue weighted by molar-refractivity contribution is 7.99. The fourth-order valence-electron chi connectivity index (χ4n) is 7.68. The number of nitrogens with zero attached hydrogens (tertiary/aromatic N) is 10. The number of aryl methyl sites for hydroxylation is 3. The third-order valence-corrected chi connectivity index (χ3v) is 16.7. The van der Waals surface area contributed by atoms with Gasteiger partial charge in [0.2, 0.25) is 11.0 Å². The molecule has 0 saturated heterocycles. The van der Waals surface area contributed by atoms with E-state index < -0.39 is 61.8 Å². The first-order valence-corrected chi connectivity index (χ1v) is 29.6. The van der Waals surface area contributed by atoms with Crippen LogP contribution in [0.25, 0.3) is 32.7 Å². The van der Waals surface area contributed by atoms with E-state index in [4.69, 9.17) is 4.74 Å². The lowest BCUT2D eigenvalue weighted by Crippen LogP contribution is -2.08. The van der Waals surface area contributed by atoms with Crippen molar-refractivity contribution in [3.63, 3.8) is 0 Å². The number of fused-ring (bicyclic) bond motifs is 6. The lowest BCUT2D eigenvalue weighted by Gasteiger charge is -2.12. The average molecular weight is 1130 g/mol. The van der Waals surface area contributed by atoms with Crippen molar-refractivity contribution in [3.05, 3.63) is 88.2 Å². The number of thioether (sulfide) groups is 1. The zero-order valence-electron chi connectivity index (χ0n) is 38.8. The van der Waals surface area contributed by atoms with Crippen molar-refractivity contribution < 1.29 is 61.7 Å². The van der Waals surface area contributed by atoms with Crippen LogP contribution in [0, 0.1) is 32.1 Å². The molecule has 0 saturated carbocycles. The Morgan fingerprint density at radius 2 is 1.43 bits per heavy atom. The minimum absolute atomic E-state index is 0.0191. The Morgan fingerprint density at radius 1 is 0.770 bits per heavy atom. The van der Waals surface area contributed by atoms with Gasteiger partial charge in [-0.05, 0) is 106 Å². The number of allylic oxidation sites excluding steroid dienone is 1. The summed E-state index contributed by atoms with van der Waals surface area (Å²) in [5.41, 5.74) is 4.27. The molecule has 3 aromatic heterocycles. The van der Waals surface area contributed by atoms with Gasteiger partial charge in [0.1, 0.15) is 28.0 Å². The number of hydrogen-bond donors (Lipinski definition) is 5. The molecule has 7 aromatic rings. The summed E-state index contributed by atoms with van der Waals surface area (Å²) in [5.74, 6) is -1.20. The van der Waals surface area contributed by atoms with E-state index in [-0.39, 0.29) is 91.2 Å². The molecule has 30 heteroatoms. The third kappa shape index (κ3) is 12.0. The van der Waals surface area contributed by atoms with Gasteiger partial charge in [0.15, 0.2) is 11.3 Å². The van der Waals surface area contributed by atoms with Crippen LogP contribution in [-0.4, -0.2) is 95.2 Å². The SMILES string of the molecule is Cc1cc(N=Nc2cc(OCCCS(=O)(=O)O)c(N=Nc3c(C)c(C#N)c4nc5c(n4c3O)C=CCC5)cc2C)c(SCCCS(=O)(=O)O)cc1N=Nc1nc2ccc3c(S(=O)(=O)O)cc(S(=O)(=O)O)cc3c2s1. The zero-order chi connectivity index (χ0) is 53.5. The molecule has 0 amide bonds. The van der Waals surface area contributed by atoms with E-state index in [1.807, 2.05) is 6.08 Å². The van der Waals surface area contributed by atoms with Crippen molar-refractivity contribution in [2.45, 2.75) is 61.1 Å². The van der Waals surface area contributed by atoms with Gasteiger partial charge in [0.25, 0.3) is 40.5 Å². The lowest BCUT2D eigenvalue weighted by atomic mass is 10.1. The van der Waals surface area contributed by atoms with Crippen LogP contribution in [0.4, 0.5) is 33.6 Å². The van der Waals surface area contributed by atoms with Crippen molar-refractivity contribution >= 4 is 130 Å². The largest absolute Gasteiger partial charge is 0.493 e. The Bertz CT molecular complexity index is 4110. The minimum atomic E-state index is -4.95. The smallest absolute Gasteiger partial charge is 0.295 e. The molecule has 1 aliphatic rings. The molecule has 386 valence electrons. The molecule has 3 heterocycles. The summed E-state index contributed by atoms with van der Waals surface area (Å²) in [6.45, 7) is 4.77. The molecule has 0 radical (unpaired) electrons. The molecule has 74 heavy (non-hydrogen) atoms. The van der Waals surface area contributed by atoms with Gasteiger partial charge in [-0.2, -0.15) is 44.0 Å². The Morgan fingerprint density at radius 3 is 2.12 bits per heavy atom. The summed E-state index contributed by atoms with van der Waals surface area (Å²) in [7, 11) is -18.5. The molecule has 5 N–H and O–H groups in total. The maximum atomic E-state index is 12.2. The maximum absolute atomic E-state index is 12.2. The fraction of sp³-hybridized carbons (Fsp3) is 0.250. The molecule has 24 nitrogen and oxygen atoms in total. The van der Waals surface area contributed by atoms with Crippen molar-refractivity contribution in [3.8, 4) is 17.7 Å². The monoisotopic (exact) mass is 1120 g/mol. The summed E-state index contributed by atoms with van der Waals surface area (Å²) in [4.78, 5) is 7.94. The molecular formula is C44H40N10O14S6. The van der Waals surface area contributed by atoms with E-state index in [9.17, 15) is 62.3 Å². The number of thiazole rings is 1. The molecule has 0 fully saturated rings. The van der Waals surface area contributed by atoms with Crippen molar-refractivity contribution in [2.24, 2.45) is 30.7 Å². The van der Waals surface area contributed by atoms with Crippen molar-refractivity contribution in [1.82, 2.24) is 14.4 Å². The van der Waals surface area contributed by atoms with E-state index in [0.717, 1.165) is 23.8 Å². The minimum Gasteiger partial charge on any atom is -0.493 e. The topological polar surface area (TPSA) is 375 Å². The van der Waals surface area contributed by atoms with Gasteiger partial charge in [-0.1, -0.05) is 23.5 Å². The second-order valence-electron chi connectivity index (χ2n) is 16.5. The Labute approximate surface area is 430 Å². The summed E-state index contributed by atoms with van der Waals surface area (Å²) in [5, 5.41) is 48.1. The fourth-order valence-corrected chi connectivity index (χ4v) is 12.1. The van der Waals surface area contributed by atoms with Crippen LogP contribution < -0.4 is 4.74 Å². The normalized spacial score (nSPS) is 13.6. The molecule has 1 aliphatic carbocycles. The average Bonchev–Trinajstić information content (AvgIpc) is 3.92. The number of hydrogen-bond acceptors (Lipinski definition) is 21. The number of pyridine rings is 1. The standard InChI is InChI=1S/C44H40N10O14S6/c1-23-16-34(50-52-40-25(3)29(22-45)42-46-30-8-4-5-9-36(30)54(42)43(40)55)37(68-12-6-14-71(56,57)58)20-32(23)48-51-35-17-24(2)33(21-38(35)69-13-7-15-72(59,60)61)49-53-44-47-31-11-10-27-28(41(31)70-44)18-26(73(62,63)64)19-39(27)74(65,66)67/h5,9-11,16-21,55H,4,6-8,12-15H2,1-3H3,(H,56,57,58)(H,59,60,61)(H,62,63,64)(H,65,66,67). The van der Waals surface area contributed by atoms with Crippen LogP contribution in [0.15, 0.2) is 100.0 Å². The first kappa shape index (κ1) is 53.6. The van der Waals surface area contributed by atoms with Crippen LogP contribution in [0.3, 0.4) is 0 Å². The van der Waals surface area contributed by atoms with Crippen LogP contribution in [0.2, 0.25) is 0 Å². The third-order valence-electron chi connectivity index (χ3n) is 11.2. The highest BCUT2D eigenvalue weighted by Gasteiger charge is 2.25. The second-order valence-corrected chi connectivity index (χ2v) is 24.6. The van der Waals surface area contributed by atoms with Gasteiger partial charge in [0, 0.05) is 27.3 Å². The molecule has 0 spiro atoms. The number of ether oxygens (including phenoxy) is 1. The zero-order valence-corrected chi connectivity index (χ0v) is 43.7. The van der Waals surface area contributed by atoms with E-state index >= 15 is 0 Å². The van der Waals surface area contributed by atoms with Crippen molar-refractivity contribution in [2.75, 3.05) is 23.9 Å². The van der Waals surface area contributed by atoms with Gasteiger partial charge in [-0.3, -0.25) is 22.6 Å². The number of rotatable bonds is 18. The Kier molecular flexibility index (Phi) is 15.2. The first-order chi connectivity index (χ1) is 34.8. The molecule has 0 aliphatic heterocycles. The van der Waals surface area contributed by atoms with E-state index in [1.54, 1.807) is 45.0 Å². The van der Waals surface area contributed by atoms with Gasteiger partial charge in [0.05, 0.1) is 61.7 Å². The highest BCUT2D eigenvalue weighted by Crippen LogP contribution is 2.44. The summed E-state index contributed by atoms with van der Waals surface area (Å²) in [6.07, 6.45) is 5.00. The first-order valence-electron chi connectivity index (χ1n) is 21.7. The van der Waals surface area contributed by atoms with Crippen LogP contribution >= 0.6 is 23.1 Å². The lowest BCUT2D eigenvalue weighted by molar-refractivity contribution is 0.317. The quantitative estimate of drug-likeness (QED) is 0.0231. The molecule has 0 atom stereocenters. The number of aromatic nitrogens is 3. The van der Waals surface area contributed by atoms with Gasteiger partial charge in [-0.15, -0.1) is 37.3 Å². The molecule has 8 rings (SSSR count). The van der Waals surface area contributed by atoms with E-state index in [1.165, 1.54) is 34.4 Å². The molecule has 4 aromatic carbocycles. The number of imidazole rings is 1. The van der Waals surface area contributed by atoms with Crippen LogP contribution in [0.5, 0.6) is 11.6 Å². The number of benzene rings is 4. The Balaban J connectivity index is 1.15. The Hall–Kier alpha value is -6.66. The maximum Gasteiger partial charge on any atom is 0.295 e.